The maximum absolute atomic E-state index is 12.9. The highest BCUT2D eigenvalue weighted by Crippen LogP contribution is 2.33. The minimum atomic E-state index is -4.62. The highest BCUT2D eigenvalue weighted by Gasteiger charge is 2.36. The Labute approximate surface area is 172 Å². The van der Waals surface area contributed by atoms with Gasteiger partial charge in [-0.3, -0.25) is 4.79 Å². The van der Waals surface area contributed by atoms with Crippen molar-refractivity contribution in [1.29, 1.82) is 0 Å². The molecule has 2 rings (SSSR count). The summed E-state index contributed by atoms with van der Waals surface area (Å²) in [5.41, 5.74) is 4.15. The summed E-state index contributed by atoms with van der Waals surface area (Å²) < 4.78 is 38.6. The normalized spacial score (nSPS) is 12.6. The van der Waals surface area contributed by atoms with Crippen LogP contribution in [0.3, 0.4) is 0 Å². The zero-order chi connectivity index (χ0) is 22.9. The fourth-order valence-electron chi connectivity index (χ4n) is 2.66. The smallest absolute Gasteiger partial charge is 0.383 e. The van der Waals surface area contributed by atoms with Crippen molar-refractivity contribution < 1.29 is 18.0 Å². The number of nitrogens with two attached hydrogens (primary N) is 1. The summed E-state index contributed by atoms with van der Waals surface area (Å²) >= 11 is 0. The van der Waals surface area contributed by atoms with E-state index in [1.807, 2.05) is 20.8 Å². The minimum absolute atomic E-state index is 0.151. The summed E-state index contributed by atoms with van der Waals surface area (Å²) in [6.45, 7) is 9.51. The number of halogens is 3. The number of hydrogen-bond donors (Lipinski definition) is 3. The number of nitrogen functional groups attached to an aromatic ring is 1. The van der Waals surface area contributed by atoms with Gasteiger partial charge in [-0.15, -0.1) is 0 Å². The molecule has 2 aromatic rings. The van der Waals surface area contributed by atoms with E-state index in [9.17, 15) is 18.0 Å². The second-order valence-corrected chi connectivity index (χ2v) is 8.51. The van der Waals surface area contributed by atoms with Crippen LogP contribution in [-0.4, -0.2) is 39.4 Å². The van der Waals surface area contributed by atoms with E-state index in [1.165, 1.54) is 13.2 Å². The van der Waals surface area contributed by atoms with Crippen LogP contribution in [0, 0.1) is 0 Å². The van der Waals surface area contributed by atoms with E-state index in [4.69, 9.17) is 5.73 Å². The number of carbonyl (C=O) groups excluding carboxylic acids is 1. The molecule has 11 heteroatoms. The molecule has 1 amide bonds. The molecule has 0 saturated carbocycles. The largest absolute Gasteiger partial charge is 0.421 e. The Bertz CT molecular complexity index is 937. The molecule has 4 N–H and O–H groups in total. The molecular weight excluding hydrogens is 399 g/mol. The van der Waals surface area contributed by atoms with Crippen LogP contribution < -0.4 is 16.4 Å². The van der Waals surface area contributed by atoms with Crippen LogP contribution in [0.25, 0.3) is 0 Å². The van der Waals surface area contributed by atoms with E-state index in [0.717, 1.165) is 0 Å². The zero-order valence-corrected chi connectivity index (χ0v) is 17.8. The first-order valence-corrected chi connectivity index (χ1v) is 9.20. The van der Waals surface area contributed by atoms with Crippen molar-refractivity contribution in [2.75, 3.05) is 24.6 Å². The number of nitrogens with zero attached hydrogens (tertiary/aromatic N) is 4. The van der Waals surface area contributed by atoms with Crippen LogP contribution in [0.4, 0.5) is 24.9 Å². The molecule has 0 aromatic carbocycles. The van der Waals surface area contributed by atoms with Gasteiger partial charge in [0.15, 0.2) is 0 Å². The third-order valence-electron chi connectivity index (χ3n) is 4.39. The predicted molar refractivity (Wildman–Crippen MR) is 107 cm³/mol. The lowest BCUT2D eigenvalue weighted by Crippen LogP contribution is -2.32. The summed E-state index contributed by atoms with van der Waals surface area (Å²) in [5, 5.41) is 5.61. The maximum Gasteiger partial charge on any atom is 0.421 e. The lowest BCUT2D eigenvalue weighted by atomic mass is 9.88. The Morgan fingerprint density at radius 1 is 1.07 bits per heavy atom. The first-order chi connectivity index (χ1) is 13.7. The van der Waals surface area contributed by atoms with Crippen molar-refractivity contribution in [3.05, 3.63) is 35.0 Å². The molecular formula is C19H26F3N7O. The summed E-state index contributed by atoms with van der Waals surface area (Å²) in [6, 6.07) is 0. The molecule has 2 heterocycles. The Hall–Kier alpha value is -2.98. The van der Waals surface area contributed by atoms with E-state index in [2.05, 4.69) is 30.6 Å². The number of aromatic nitrogens is 4. The number of hydrogen-bond acceptors (Lipinski definition) is 7. The first kappa shape index (κ1) is 23.3. The van der Waals surface area contributed by atoms with Crippen LogP contribution in [0.1, 0.15) is 62.1 Å². The highest BCUT2D eigenvalue weighted by molar-refractivity contribution is 5.95. The lowest BCUT2D eigenvalue weighted by molar-refractivity contribution is -0.137. The lowest BCUT2D eigenvalue weighted by Gasteiger charge is -2.25. The van der Waals surface area contributed by atoms with E-state index >= 15 is 0 Å². The number of alkyl halides is 3. The van der Waals surface area contributed by atoms with Crippen molar-refractivity contribution >= 4 is 17.7 Å². The van der Waals surface area contributed by atoms with Gasteiger partial charge >= 0.3 is 6.18 Å². The molecule has 30 heavy (non-hydrogen) atoms. The Morgan fingerprint density at radius 2 is 1.70 bits per heavy atom. The van der Waals surface area contributed by atoms with Gasteiger partial charge in [0.2, 0.25) is 5.95 Å². The standard InChI is InChI=1S/C19H26F3N7O/c1-17(2,3)12-10(14(30)24-6)7-26-16(28-12)27-9-18(4,5)15-25-8-11(13(23)29-15)19(20,21)22/h7-8H,9H2,1-6H3,(H,24,30)(H2,23,25,29)(H,26,27,28). The summed E-state index contributed by atoms with van der Waals surface area (Å²) in [7, 11) is 1.53. The van der Waals surface area contributed by atoms with Gasteiger partial charge in [0, 0.05) is 36.8 Å². The van der Waals surface area contributed by atoms with Crippen molar-refractivity contribution in [3.63, 3.8) is 0 Å². The predicted octanol–water partition coefficient (Wildman–Crippen LogP) is 2.91. The quantitative estimate of drug-likeness (QED) is 0.674. The van der Waals surface area contributed by atoms with Crippen molar-refractivity contribution in [2.45, 2.75) is 51.6 Å². The number of anilines is 2. The van der Waals surface area contributed by atoms with E-state index in [1.54, 1.807) is 13.8 Å². The van der Waals surface area contributed by atoms with Crippen LogP contribution in [0.2, 0.25) is 0 Å². The first-order valence-electron chi connectivity index (χ1n) is 9.20. The molecule has 0 fully saturated rings. The van der Waals surface area contributed by atoms with Gasteiger partial charge in [0.1, 0.15) is 17.2 Å². The maximum atomic E-state index is 12.9. The van der Waals surface area contributed by atoms with Crippen LogP contribution in [-0.2, 0) is 17.0 Å². The van der Waals surface area contributed by atoms with E-state index < -0.39 is 28.4 Å². The van der Waals surface area contributed by atoms with Gasteiger partial charge in [-0.25, -0.2) is 19.9 Å². The second kappa shape index (κ2) is 8.04. The molecule has 0 unspecified atom stereocenters. The molecule has 0 aliphatic carbocycles. The van der Waals surface area contributed by atoms with Gasteiger partial charge in [0.05, 0.1) is 11.3 Å². The van der Waals surface area contributed by atoms with Gasteiger partial charge in [-0.2, -0.15) is 13.2 Å². The molecule has 0 saturated heterocycles. The molecule has 2 aromatic heterocycles. The topological polar surface area (TPSA) is 119 Å². The molecule has 0 spiro atoms. The Kier molecular flexibility index (Phi) is 6.24. The Balaban J connectivity index is 2.27. The number of carbonyl (C=O) groups is 1. The minimum Gasteiger partial charge on any atom is -0.383 e. The second-order valence-electron chi connectivity index (χ2n) is 8.51. The monoisotopic (exact) mass is 425 g/mol. The number of nitrogens with one attached hydrogen (secondary N) is 2. The van der Waals surface area contributed by atoms with E-state index in [0.29, 0.717) is 17.5 Å². The molecule has 0 radical (unpaired) electrons. The van der Waals surface area contributed by atoms with Crippen molar-refractivity contribution in [3.8, 4) is 0 Å². The molecule has 0 aliphatic rings. The summed E-state index contributed by atoms with van der Waals surface area (Å²) in [5.74, 6) is -0.485. The Morgan fingerprint density at radius 3 is 2.20 bits per heavy atom. The average molecular weight is 425 g/mol. The van der Waals surface area contributed by atoms with Crippen LogP contribution in [0.15, 0.2) is 12.4 Å². The van der Waals surface area contributed by atoms with Crippen molar-refractivity contribution in [1.82, 2.24) is 25.3 Å². The van der Waals surface area contributed by atoms with Gasteiger partial charge in [-0.1, -0.05) is 34.6 Å². The van der Waals surface area contributed by atoms with Crippen molar-refractivity contribution in [2.24, 2.45) is 0 Å². The average Bonchev–Trinajstić information content (AvgIpc) is 2.63. The SMILES string of the molecule is CNC(=O)c1cnc(NCC(C)(C)c2ncc(C(F)(F)F)c(N)n2)nc1C(C)(C)C. The molecule has 164 valence electrons. The highest BCUT2D eigenvalue weighted by atomic mass is 19.4. The van der Waals surface area contributed by atoms with E-state index in [-0.39, 0.29) is 24.2 Å². The summed E-state index contributed by atoms with van der Waals surface area (Å²) in [6.07, 6.45) is -2.49. The molecule has 0 aliphatic heterocycles. The number of rotatable bonds is 5. The molecule has 0 bridgehead atoms. The zero-order valence-electron chi connectivity index (χ0n) is 17.8. The molecule has 8 nitrogen and oxygen atoms in total. The van der Waals surface area contributed by atoms with Crippen LogP contribution >= 0.6 is 0 Å². The number of amides is 1. The third kappa shape index (κ3) is 5.14. The third-order valence-corrected chi connectivity index (χ3v) is 4.39. The van der Waals surface area contributed by atoms with Crippen LogP contribution in [0.5, 0.6) is 0 Å². The summed E-state index contributed by atoms with van der Waals surface area (Å²) in [4.78, 5) is 28.5. The van der Waals surface area contributed by atoms with Gasteiger partial charge < -0.3 is 16.4 Å². The fraction of sp³-hybridized carbons (Fsp3) is 0.526. The van der Waals surface area contributed by atoms with Gasteiger partial charge in [-0.05, 0) is 0 Å². The van der Waals surface area contributed by atoms with Gasteiger partial charge in [0.25, 0.3) is 5.91 Å². The molecule has 0 atom stereocenters. The fourth-order valence-corrected chi connectivity index (χ4v) is 2.66.